The number of esters is 2. The molecule has 0 saturated carbocycles. The zero-order chi connectivity index (χ0) is 9.56. The van der Waals surface area contributed by atoms with Crippen molar-refractivity contribution < 1.29 is 19.1 Å². The van der Waals surface area contributed by atoms with E-state index in [1.54, 1.807) is 6.92 Å². The summed E-state index contributed by atoms with van der Waals surface area (Å²) in [4.78, 5) is 21.6. The van der Waals surface area contributed by atoms with E-state index in [2.05, 4.69) is 22.6 Å². The van der Waals surface area contributed by atoms with E-state index in [9.17, 15) is 9.59 Å². The van der Waals surface area contributed by atoms with Crippen molar-refractivity contribution in [3.8, 4) is 0 Å². The van der Waals surface area contributed by atoms with Gasteiger partial charge in [0.25, 0.3) is 0 Å². The smallest absolute Gasteiger partial charge is 0.349 e. The normalized spacial score (nSPS) is 8.42. The molecule has 0 fully saturated rings. The van der Waals surface area contributed by atoms with Crippen LogP contribution in [0.1, 0.15) is 6.92 Å². The van der Waals surface area contributed by atoms with Gasteiger partial charge in [0.1, 0.15) is 5.57 Å². The van der Waals surface area contributed by atoms with Crippen LogP contribution < -0.4 is 0 Å². The van der Waals surface area contributed by atoms with Gasteiger partial charge in [-0.2, -0.15) is 0 Å². The van der Waals surface area contributed by atoms with Crippen LogP contribution in [0.2, 0.25) is 0 Å². The van der Waals surface area contributed by atoms with Crippen LogP contribution in [0.25, 0.3) is 0 Å². The second-order valence-electron chi connectivity index (χ2n) is 1.77. The lowest BCUT2D eigenvalue weighted by molar-refractivity contribution is -0.144. The topological polar surface area (TPSA) is 52.6 Å². The van der Waals surface area contributed by atoms with Gasteiger partial charge >= 0.3 is 11.9 Å². The lowest BCUT2D eigenvalue weighted by atomic mass is 10.3. The van der Waals surface area contributed by atoms with E-state index in [-0.39, 0.29) is 12.2 Å². The minimum atomic E-state index is -0.844. The molecule has 0 spiro atoms. The molecule has 12 heavy (non-hydrogen) atoms. The van der Waals surface area contributed by atoms with E-state index in [4.69, 9.17) is 0 Å². The van der Waals surface area contributed by atoms with Gasteiger partial charge in [0.05, 0.1) is 12.9 Å². The Balaban J connectivity index is 4.09. The van der Waals surface area contributed by atoms with E-state index < -0.39 is 11.9 Å². The van der Waals surface area contributed by atoms with E-state index in [1.165, 1.54) is 0 Å². The molecule has 0 aromatic heterocycles. The van der Waals surface area contributed by atoms with Crippen LogP contribution in [0.5, 0.6) is 0 Å². The average molecular weight is 170 g/mol. The molecule has 0 radical (unpaired) electrons. The van der Waals surface area contributed by atoms with Gasteiger partial charge in [-0.05, 0) is 6.92 Å². The summed E-state index contributed by atoms with van der Waals surface area (Å²) in [5, 5.41) is 0. The lowest BCUT2D eigenvalue weighted by Crippen LogP contribution is -2.15. The molecule has 0 atom stereocenters. The molecule has 4 heteroatoms. The SMILES string of the molecule is C=COC(=O)C(=C)C(=O)OCC. The summed E-state index contributed by atoms with van der Waals surface area (Å²) in [7, 11) is 0. The van der Waals surface area contributed by atoms with Crippen molar-refractivity contribution in [2.75, 3.05) is 6.61 Å². The van der Waals surface area contributed by atoms with Crippen LogP contribution in [0, 0.1) is 0 Å². The second-order valence-corrected chi connectivity index (χ2v) is 1.77. The molecule has 0 aromatic rings. The largest absolute Gasteiger partial charge is 0.462 e. The summed E-state index contributed by atoms with van der Waals surface area (Å²) in [5.74, 6) is -1.62. The maximum Gasteiger partial charge on any atom is 0.349 e. The van der Waals surface area contributed by atoms with Gasteiger partial charge < -0.3 is 9.47 Å². The van der Waals surface area contributed by atoms with Crippen LogP contribution in [0.15, 0.2) is 25.0 Å². The molecule has 0 aliphatic carbocycles. The average Bonchev–Trinajstić information content (AvgIpc) is 2.04. The molecular formula is C8H10O4. The number of rotatable bonds is 4. The molecule has 0 amide bonds. The number of hydrogen-bond acceptors (Lipinski definition) is 4. The predicted octanol–water partition coefficient (Wildman–Crippen LogP) is 0.792. The molecule has 0 rings (SSSR count). The Bertz CT molecular complexity index is 217. The summed E-state index contributed by atoms with van der Waals surface area (Å²) in [6, 6.07) is 0. The molecule has 4 nitrogen and oxygen atoms in total. The summed E-state index contributed by atoms with van der Waals surface area (Å²) in [6.45, 7) is 8.17. The Labute approximate surface area is 70.5 Å². The summed E-state index contributed by atoms with van der Waals surface area (Å²) < 4.78 is 8.79. The van der Waals surface area contributed by atoms with Crippen molar-refractivity contribution in [1.82, 2.24) is 0 Å². The molecule has 0 aromatic carbocycles. The summed E-state index contributed by atoms with van der Waals surface area (Å²) in [5.41, 5.74) is -0.336. The van der Waals surface area contributed by atoms with Gasteiger partial charge in [0.2, 0.25) is 0 Å². The third-order valence-electron chi connectivity index (χ3n) is 0.959. The monoisotopic (exact) mass is 170 g/mol. The highest BCUT2D eigenvalue weighted by Crippen LogP contribution is 1.98. The zero-order valence-corrected chi connectivity index (χ0v) is 6.83. The van der Waals surface area contributed by atoms with Crippen molar-refractivity contribution >= 4 is 11.9 Å². The van der Waals surface area contributed by atoms with E-state index in [0.29, 0.717) is 0 Å². The van der Waals surface area contributed by atoms with Crippen LogP contribution in [0.3, 0.4) is 0 Å². The minimum Gasteiger partial charge on any atom is -0.462 e. The first kappa shape index (κ1) is 10.4. The van der Waals surface area contributed by atoms with Gasteiger partial charge in [-0.25, -0.2) is 9.59 Å². The summed E-state index contributed by atoms with van der Waals surface area (Å²) in [6.07, 6.45) is 0.923. The van der Waals surface area contributed by atoms with E-state index in [1.807, 2.05) is 0 Å². The van der Waals surface area contributed by atoms with Crippen LogP contribution in [0.4, 0.5) is 0 Å². The zero-order valence-electron chi connectivity index (χ0n) is 6.83. The molecule has 0 aliphatic rings. The third-order valence-corrected chi connectivity index (χ3v) is 0.959. The predicted molar refractivity (Wildman–Crippen MR) is 42.1 cm³/mol. The maximum atomic E-state index is 10.8. The number of carbonyl (C=O) groups excluding carboxylic acids is 2. The fourth-order valence-corrected chi connectivity index (χ4v) is 0.448. The minimum absolute atomic E-state index is 0.194. The van der Waals surface area contributed by atoms with Gasteiger partial charge in [-0.1, -0.05) is 13.2 Å². The van der Waals surface area contributed by atoms with Crippen molar-refractivity contribution in [3.05, 3.63) is 25.0 Å². The molecule has 0 bridgehead atoms. The fourth-order valence-electron chi connectivity index (χ4n) is 0.448. The highest BCUT2D eigenvalue weighted by atomic mass is 16.5. The van der Waals surface area contributed by atoms with Crippen molar-refractivity contribution in [3.63, 3.8) is 0 Å². The van der Waals surface area contributed by atoms with Gasteiger partial charge in [0.15, 0.2) is 0 Å². The number of carbonyl (C=O) groups is 2. The molecule has 66 valence electrons. The quantitative estimate of drug-likeness (QED) is 0.206. The first-order valence-electron chi connectivity index (χ1n) is 3.31. The van der Waals surface area contributed by atoms with Crippen molar-refractivity contribution in [1.29, 1.82) is 0 Å². The standard InChI is InChI=1S/C8H10O4/c1-4-11-7(9)6(3)8(10)12-5-2/h4H,1,3,5H2,2H3. The Morgan fingerprint density at radius 3 is 2.42 bits per heavy atom. The van der Waals surface area contributed by atoms with Gasteiger partial charge in [0, 0.05) is 0 Å². The molecule has 0 heterocycles. The molecule has 0 N–H and O–H groups in total. The molecule has 0 saturated heterocycles. The molecule has 0 aliphatic heterocycles. The molecular weight excluding hydrogens is 160 g/mol. The van der Waals surface area contributed by atoms with Crippen LogP contribution >= 0.6 is 0 Å². The first-order chi connectivity index (χ1) is 5.63. The summed E-state index contributed by atoms with van der Waals surface area (Å²) >= 11 is 0. The van der Waals surface area contributed by atoms with Crippen molar-refractivity contribution in [2.24, 2.45) is 0 Å². The first-order valence-corrected chi connectivity index (χ1v) is 3.31. The van der Waals surface area contributed by atoms with E-state index in [0.717, 1.165) is 6.26 Å². The number of ether oxygens (including phenoxy) is 2. The highest BCUT2D eigenvalue weighted by Gasteiger charge is 2.17. The van der Waals surface area contributed by atoms with E-state index >= 15 is 0 Å². The second kappa shape index (κ2) is 5.12. The lowest BCUT2D eigenvalue weighted by Gasteiger charge is -2.01. The Hall–Kier alpha value is -1.58. The highest BCUT2D eigenvalue weighted by molar-refractivity contribution is 6.13. The van der Waals surface area contributed by atoms with Gasteiger partial charge in [-0.3, -0.25) is 0 Å². The van der Waals surface area contributed by atoms with Crippen LogP contribution in [-0.4, -0.2) is 18.5 Å². The Kier molecular flexibility index (Phi) is 4.45. The fraction of sp³-hybridized carbons (Fsp3) is 0.250. The van der Waals surface area contributed by atoms with Crippen molar-refractivity contribution in [2.45, 2.75) is 6.92 Å². The number of hydrogen-bond donors (Lipinski definition) is 0. The third kappa shape index (κ3) is 3.01. The maximum absolute atomic E-state index is 10.8. The Morgan fingerprint density at radius 2 is 2.00 bits per heavy atom. The Morgan fingerprint density at radius 1 is 1.42 bits per heavy atom. The van der Waals surface area contributed by atoms with Crippen LogP contribution in [-0.2, 0) is 19.1 Å². The van der Waals surface area contributed by atoms with Gasteiger partial charge in [-0.15, -0.1) is 0 Å². The molecule has 0 unspecified atom stereocenters.